The van der Waals surface area contributed by atoms with Crippen LogP contribution in [0.25, 0.3) is 0 Å². The van der Waals surface area contributed by atoms with Gasteiger partial charge < -0.3 is 32.8 Å². The molecule has 1 nitrogen and oxygen atoms in total. The van der Waals surface area contributed by atoms with Crippen molar-refractivity contribution in [3.05, 3.63) is 27.7 Å². The Kier molecular flexibility index (Phi) is 300. The van der Waals surface area contributed by atoms with Crippen LogP contribution in [0, 0.1) is 27.7 Å². The minimum Gasteiger partial charge on any atom is -0.400 e. The van der Waals surface area contributed by atoms with Gasteiger partial charge in [0.25, 0.3) is 0 Å². The van der Waals surface area contributed by atoms with Gasteiger partial charge in [-0.1, -0.05) is 27.7 Å². The summed E-state index contributed by atoms with van der Waals surface area (Å²) in [6.45, 7) is 22.0. The topological polar surface area (TPSA) is 20.2 Å². The molecule has 0 fully saturated rings. The molecule has 0 aliphatic heterocycles. The fourth-order valence-electron chi connectivity index (χ4n) is 0. The van der Waals surface area contributed by atoms with Gasteiger partial charge >= 0.3 is 0 Å². The molecule has 0 aliphatic rings. The number of aliphatic hydroxyl groups excluding tert-OH is 1. The third kappa shape index (κ3) is 4840. The predicted octanol–water partition coefficient (Wildman–Crippen LogP) is 4.53. The first-order valence-electron chi connectivity index (χ1n) is 5.28. The van der Waals surface area contributed by atoms with E-state index in [9.17, 15) is 0 Å². The number of hydrogen-bond donors (Lipinski definition) is 1. The van der Waals surface area contributed by atoms with Crippen molar-refractivity contribution in [3.63, 3.8) is 0 Å². The largest absolute Gasteiger partial charge is 0.400 e. The molecule has 1 N–H and O–H groups in total. The normalized spacial score (nSPS) is 5.20. The molecule has 0 heterocycles. The molecule has 99 valence electrons. The molecule has 0 bridgehead atoms. The van der Waals surface area contributed by atoms with Crippen molar-refractivity contribution in [1.29, 1.82) is 0 Å². The molecular weight excluding hydrogens is 353 g/mol. The summed E-state index contributed by atoms with van der Waals surface area (Å²) in [5.74, 6) is 0. The van der Waals surface area contributed by atoms with E-state index >= 15 is 0 Å². The molecule has 0 saturated heterocycles. The van der Waals surface area contributed by atoms with Crippen LogP contribution in [0.15, 0.2) is 0 Å². The summed E-state index contributed by atoms with van der Waals surface area (Å²) in [6.07, 6.45) is 4.00. The van der Waals surface area contributed by atoms with E-state index in [4.69, 9.17) is 5.11 Å². The molecule has 0 aliphatic carbocycles. The van der Waals surface area contributed by atoms with Crippen LogP contribution in [0.3, 0.4) is 0 Å². The molecule has 1 radical (unpaired) electrons. The van der Waals surface area contributed by atoms with E-state index in [-0.39, 0.29) is 22.4 Å². The fourth-order valence-corrected chi connectivity index (χ4v) is 0. The van der Waals surface area contributed by atoms with Gasteiger partial charge in [0, 0.05) is 29.5 Å². The van der Waals surface area contributed by atoms with Crippen LogP contribution in [-0.2, 0) is 22.4 Å². The van der Waals surface area contributed by atoms with Crippen LogP contribution in [-0.4, -0.2) is 12.2 Å². The van der Waals surface area contributed by atoms with Crippen LogP contribution in [0.4, 0.5) is 0 Å². The van der Waals surface area contributed by atoms with Gasteiger partial charge in [-0.25, -0.2) is 0 Å². The maximum Gasteiger partial charge on any atom is 0.0319 e. The Bertz CT molecular complexity index is 18.5. The summed E-state index contributed by atoms with van der Waals surface area (Å²) >= 11 is 0. The van der Waals surface area contributed by atoms with Gasteiger partial charge in [0.15, 0.2) is 0 Å². The summed E-state index contributed by atoms with van der Waals surface area (Å²) in [6, 6.07) is 0. The molecule has 0 spiro atoms. The van der Waals surface area contributed by atoms with Gasteiger partial charge in [-0.3, -0.25) is 0 Å². The van der Waals surface area contributed by atoms with Gasteiger partial charge in [0.05, 0.1) is 0 Å². The Morgan fingerprint density at radius 1 is 0.600 bits per heavy atom. The molecule has 0 saturated carbocycles. The van der Waals surface area contributed by atoms with Crippen molar-refractivity contribution < 1.29 is 27.5 Å². The van der Waals surface area contributed by atoms with Gasteiger partial charge in [0.1, 0.15) is 0 Å². The number of rotatable bonds is 0. The molecule has 0 amide bonds. The Hall–Kier alpha value is 0.700. The quantitative estimate of drug-likeness (QED) is 0.608. The van der Waals surface area contributed by atoms with Crippen molar-refractivity contribution in [1.82, 2.24) is 0 Å². The second-order valence-electron chi connectivity index (χ2n) is 2.00. The van der Waals surface area contributed by atoms with Gasteiger partial charge in [0.2, 0.25) is 0 Å². The predicted molar refractivity (Wildman–Crippen MR) is 70.7 cm³/mol. The van der Waals surface area contributed by atoms with Crippen LogP contribution < -0.4 is 0 Å². The molecular formula is C13H32OTa-4. The van der Waals surface area contributed by atoms with E-state index in [1.54, 1.807) is 0 Å². The smallest absolute Gasteiger partial charge is 0.0319 e. The van der Waals surface area contributed by atoms with E-state index in [0.29, 0.717) is 0 Å². The molecule has 0 aromatic rings. The molecule has 15 heavy (non-hydrogen) atoms. The molecule has 0 unspecified atom stereocenters. The molecule has 0 atom stereocenters. The minimum atomic E-state index is 0. The second kappa shape index (κ2) is 125. The first-order valence-corrected chi connectivity index (χ1v) is 5.28. The maximum atomic E-state index is 7.00. The summed E-state index contributed by atoms with van der Waals surface area (Å²) in [5, 5.41) is 7.00. The van der Waals surface area contributed by atoms with E-state index in [0.717, 1.165) is 32.8 Å². The molecule has 0 aromatic carbocycles. The Morgan fingerprint density at radius 3 is 0.600 bits per heavy atom. The van der Waals surface area contributed by atoms with E-state index < -0.39 is 0 Å². The number of aliphatic hydroxyl groups is 1. The van der Waals surface area contributed by atoms with Gasteiger partial charge in [-0.2, -0.15) is 25.7 Å². The Labute approximate surface area is 116 Å². The Morgan fingerprint density at radius 2 is 0.600 bits per heavy atom. The van der Waals surface area contributed by atoms with Crippen LogP contribution in [0.2, 0.25) is 0 Å². The molecule has 2 heteroatoms. The fraction of sp³-hybridized carbons (Fsp3) is 0.692. The molecule has 0 rings (SSSR count). The van der Waals surface area contributed by atoms with Crippen molar-refractivity contribution in [2.24, 2.45) is 0 Å². The summed E-state index contributed by atoms with van der Waals surface area (Å²) in [4.78, 5) is 0. The van der Waals surface area contributed by atoms with Crippen LogP contribution >= 0.6 is 0 Å². The van der Waals surface area contributed by atoms with Gasteiger partial charge in [-0.15, -0.1) is 0 Å². The van der Waals surface area contributed by atoms with Crippen molar-refractivity contribution in [2.45, 2.75) is 53.4 Å². The average molecular weight is 385 g/mol. The monoisotopic (exact) mass is 385 g/mol. The zero-order valence-electron chi connectivity index (χ0n) is 11.6. The van der Waals surface area contributed by atoms with Crippen LogP contribution in [0.1, 0.15) is 53.4 Å². The SMILES string of the molecule is CO.[CH2-]CC.[CH2-]CC.[CH2-]CC.[CH2-]CC.[Ta]. The summed E-state index contributed by atoms with van der Waals surface area (Å²) in [5.41, 5.74) is 0. The average Bonchev–Trinajstić information content (AvgIpc) is 2.12. The van der Waals surface area contributed by atoms with Crippen molar-refractivity contribution >= 4 is 0 Å². The molecule has 0 aromatic heterocycles. The van der Waals surface area contributed by atoms with Crippen molar-refractivity contribution in [2.75, 3.05) is 7.11 Å². The van der Waals surface area contributed by atoms with Gasteiger partial charge in [-0.05, 0) is 0 Å². The minimum absolute atomic E-state index is 0. The third-order valence-corrected chi connectivity index (χ3v) is 0. The van der Waals surface area contributed by atoms with Crippen LogP contribution in [0.5, 0.6) is 0 Å². The zero-order chi connectivity index (χ0) is 12.8. The standard InChI is InChI=1S/4C3H7.CH4O.Ta/c4*1-3-2;1-2;/h4*1,3H2,2H3;2H,1H3;/q4*-1;;. The second-order valence-corrected chi connectivity index (χ2v) is 2.00. The van der Waals surface area contributed by atoms with Crippen molar-refractivity contribution in [3.8, 4) is 0 Å². The Balaban J connectivity index is -0.0000000167. The van der Waals surface area contributed by atoms with E-state index in [1.807, 2.05) is 27.7 Å². The van der Waals surface area contributed by atoms with E-state index in [1.165, 1.54) is 0 Å². The zero-order valence-corrected chi connectivity index (χ0v) is 14.8. The summed E-state index contributed by atoms with van der Waals surface area (Å²) in [7, 11) is 1.00. The number of hydrogen-bond acceptors (Lipinski definition) is 1. The third-order valence-electron chi connectivity index (χ3n) is 0. The summed E-state index contributed by atoms with van der Waals surface area (Å²) < 4.78 is 0. The first kappa shape index (κ1) is 36.1. The first-order chi connectivity index (χ1) is 6.66. The van der Waals surface area contributed by atoms with E-state index in [2.05, 4.69) is 27.7 Å². The maximum absolute atomic E-state index is 7.00.